The second kappa shape index (κ2) is 9.85. The number of benzene rings is 3. The van der Waals surface area contributed by atoms with E-state index in [1.807, 2.05) is 48.5 Å². The highest BCUT2D eigenvalue weighted by molar-refractivity contribution is 6.36. The summed E-state index contributed by atoms with van der Waals surface area (Å²) in [6, 6.07) is 15.6. The van der Waals surface area contributed by atoms with Gasteiger partial charge in [0.15, 0.2) is 0 Å². The Labute approximate surface area is 230 Å². The molecule has 1 heterocycles. The third-order valence-electron chi connectivity index (χ3n) is 7.86. The molecule has 3 aromatic carbocycles. The van der Waals surface area contributed by atoms with E-state index in [4.69, 9.17) is 4.74 Å². The van der Waals surface area contributed by atoms with Crippen LogP contribution in [0, 0.1) is 11.8 Å². The summed E-state index contributed by atoms with van der Waals surface area (Å²) in [6.45, 7) is 8.59. The monoisotopic (exact) mass is 515 g/mol. The van der Waals surface area contributed by atoms with Crippen LogP contribution in [0.1, 0.15) is 72.4 Å². The molecule has 3 aromatic rings. The molecule has 0 radical (unpaired) electrons. The third-order valence-corrected chi connectivity index (χ3v) is 7.86. The fourth-order valence-corrected chi connectivity index (χ4v) is 6.05. The zero-order valence-electron chi connectivity index (χ0n) is 22.9. The highest BCUT2D eigenvalue weighted by Crippen LogP contribution is 2.41. The maximum Gasteiger partial charge on any atom is 0.266 e. The van der Waals surface area contributed by atoms with Crippen LogP contribution in [0.25, 0.3) is 21.9 Å². The van der Waals surface area contributed by atoms with Crippen molar-refractivity contribution in [2.45, 2.75) is 46.6 Å². The van der Waals surface area contributed by atoms with Gasteiger partial charge in [0, 0.05) is 16.5 Å². The standard InChI is InChI=1S/C35H33NO3/c1-21(2)33(22(3)4)39-27-18-26-14-9-15-29-32(26)30(20-27)35(38)36(34(29)37)31-19-25(23-10-5-6-11-23)16-17-28(31)24-12-7-8-13-24/h5,7-12,14-22,33H,6,13H2,1-4H3. The maximum atomic E-state index is 14.3. The molecular formula is C35H33NO3. The van der Waals surface area contributed by atoms with Gasteiger partial charge in [0.25, 0.3) is 11.8 Å². The molecule has 0 spiro atoms. The average molecular weight is 516 g/mol. The van der Waals surface area contributed by atoms with E-state index >= 15 is 0 Å². The zero-order chi connectivity index (χ0) is 27.3. The molecule has 196 valence electrons. The summed E-state index contributed by atoms with van der Waals surface area (Å²) in [6.07, 6.45) is 14.2. The number of amides is 2. The first-order chi connectivity index (χ1) is 18.8. The molecule has 0 unspecified atom stereocenters. The number of carbonyl (C=O) groups excluding carboxylic acids is 2. The Morgan fingerprint density at radius 2 is 1.64 bits per heavy atom. The summed E-state index contributed by atoms with van der Waals surface area (Å²) in [4.78, 5) is 29.7. The summed E-state index contributed by atoms with van der Waals surface area (Å²) in [5, 5.41) is 1.54. The number of allylic oxidation sites excluding steroid dienone is 8. The molecule has 0 fully saturated rings. The molecule has 2 aliphatic carbocycles. The minimum absolute atomic E-state index is 0.00656. The highest BCUT2D eigenvalue weighted by atomic mass is 16.5. The number of anilines is 1. The largest absolute Gasteiger partial charge is 0.490 e. The first-order valence-electron chi connectivity index (χ1n) is 13.8. The van der Waals surface area contributed by atoms with Gasteiger partial charge in [-0.15, -0.1) is 0 Å². The molecule has 0 aromatic heterocycles. The minimum atomic E-state index is -0.319. The van der Waals surface area contributed by atoms with E-state index in [-0.39, 0.29) is 17.9 Å². The van der Waals surface area contributed by atoms with E-state index in [0.29, 0.717) is 39.8 Å². The molecule has 39 heavy (non-hydrogen) atoms. The van der Waals surface area contributed by atoms with E-state index < -0.39 is 0 Å². The Hall–Kier alpha value is -4.18. The van der Waals surface area contributed by atoms with Gasteiger partial charge in [-0.05, 0) is 71.0 Å². The van der Waals surface area contributed by atoms with Crippen molar-refractivity contribution in [3.63, 3.8) is 0 Å². The second-order valence-electron chi connectivity index (χ2n) is 11.2. The quantitative estimate of drug-likeness (QED) is 0.297. The van der Waals surface area contributed by atoms with Crippen molar-refractivity contribution in [2.24, 2.45) is 11.8 Å². The van der Waals surface area contributed by atoms with Crippen LogP contribution in [0.3, 0.4) is 0 Å². The number of hydrogen-bond donors (Lipinski definition) is 0. The van der Waals surface area contributed by atoms with Crippen LogP contribution in [-0.2, 0) is 0 Å². The lowest BCUT2D eigenvalue weighted by Gasteiger charge is -2.31. The normalized spacial score (nSPS) is 16.3. The molecule has 4 nitrogen and oxygen atoms in total. The Balaban J connectivity index is 1.51. The van der Waals surface area contributed by atoms with Gasteiger partial charge in [-0.3, -0.25) is 9.59 Å². The van der Waals surface area contributed by atoms with Crippen LogP contribution >= 0.6 is 0 Å². The molecule has 4 heteroatoms. The van der Waals surface area contributed by atoms with Crippen LogP contribution in [0.2, 0.25) is 0 Å². The first kappa shape index (κ1) is 25.1. The number of nitrogens with zero attached hydrogens (tertiary/aromatic N) is 1. The van der Waals surface area contributed by atoms with Gasteiger partial charge >= 0.3 is 0 Å². The van der Waals surface area contributed by atoms with Crippen LogP contribution in [-0.4, -0.2) is 17.9 Å². The van der Waals surface area contributed by atoms with Crippen LogP contribution in [0.4, 0.5) is 5.69 Å². The molecule has 0 atom stereocenters. The molecule has 3 aliphatic rings. The van der Waals surface area contributed by atoms with Crippen LogP contribution in [0.5, 0.6) is 5.75 Å². The number of carbonyl (C=O) groups is 2. The molecule has 0 bridgehead atoms. The third kappa shape index (κ3) is 4.34. The summed E-state index contributed by atoms with van der Waals surface area (Å²) in [5.74, 6) is 0.669. The van der Waals surface area contributed by atoms with Crippen molar-refractivity contribution in [3.8, 4) is 5.75 Å². The van der Waals surface area contributed by atoms with Gasteiger partial charge in [0.05, 0.1) is 11.3 Å². The number of hydrogen-bond acceptors (Lipinski definition) is 3. The van der Waals surface area contributed by atoms with Crippen molar-refractivity contribution in [3.05, 3.63) is 107 Å². The highest BCUT2D eigenvalue weighted by Gasteiger charge is 2.36. The van der Waals surface area contributed by atoms with E-state index in [1.54, 1.807) is 0 Å². The van der Waals surface area contributed by atoms with Crippen LogP contribution < -0.4 is 9.64 Å². The van der Waals surface area contributed by atoms with Gasteiger partial charge in [-0.2, -0.15) is 0 Å². The van der Waals surface area contributed by atoms with Crippen molar-refractivity contribution in [1.82, 2.24) is 0 Å². The predicted octanol–water partition coefficient (Wildman–Crippen LogP) is 8.39. The summed E-state index contributed by atoms with van der Waals surface area (Å²) in [7, 11) is 0. The second-order valence-corrected chi connectivity index (χ2v) is 11.2. The lowest BCUT2D eigenvalue weighted by Crippen LogP contribution is -2.41. The van der Waals surface area contributed by atoms with Crippen LogP contribution in [0.15, 0.2) is 85.0 Å². The first-order valence-corrected chi connectivity index (χ1v) is 13.8. The van der Waals surface area contributed by atoms with Crippen molar-refractivity contribution >= 4 is 39.4 Å². The van der Waals surface area contributed by atoms with E-state index in [2.05, 4.69) is 64.1 Å². The van der Waals surface area contributed by atoms with Crippen molar-refractivity contribution in [1.29, 1.82) is 0 Å². The zero-order valence-corrected chi connectivity index (χ0v) is 22.9. The fourth-order valence-electron chi connectivity index (χ4n) is 6.05. The Kier molecular flexibility index (Phi) is 6.34. The van der Waals surface area contributed by atoms with E-state index in [1.165, 1.54) is 4.90 Å². The molecule has 0 N–H and O–H groups in total. The molecule has 6 rings (SSSR count). The molecule has 2 amide bonds. The van der Waals surface area contributed by atoms with Gasteiger partial charge in [0.2, 0.25) is 0 Å². The summed E-state index contributed by atoms with van der Waals surface area (Å²) < 4.78 is 6.47. The van der Waals surface area contributed by atoms with E-state index in [0.717, 1.165) is 40.5 Å². The average Bonchev–Trinajstić information content (AvgIpc) is 3.65. The number of ether oxygens (including phenoxy) is 1. The molecular weight excluding hydrogens is 482 g/mol. The smallest absolute Gasteiger partial charge is 0.266 e. The number of imide groups is 1. The summed E-state index contributed by atoms with van der Waals surface area (Å²) in [5.41, 5.74) is 5.74. The topological polar surface area (TPSA) is 46.6 Å². The number of rotatable bonds is 7. The SMILES string of the molecule is CC(C)C(Oc1cc2c3c(cccc3c1)C(=O)N(c1cc(C3=CCC=C3)ccc1C1=CC=CC1)C2=O)C(C)C. The minimum Gasteiger partial charge on any atom is -0.490 e. The van der Waals surface area contributed by atoms with Gasteiger partial charge < -0.3 is 4.74 Å². The Morgan fingerprint density at radius 1 is 0.846 bits per heavy atom. The van der Waals surface area contributed by atoms with Gasteiger partial charge in [-0.25, -0.2) is 4.90 Å². The Bertz CT molecular complexity index is 1630. The maximum absolute atomic E-state index is 14.3. The summed E-state index contributed by atoms with van der Waals surface area (Å²) >= 11 is 0. The fraction of sp³-hybridized carbons (Fsp3) is 0.257. The van der Waals surface area contributed by atoms with E-state index in [9.17, 15) is 9.59 Å². The lowest BCUT2D eigenvalue weighted by atomic mass is 9.91. The predicted molar refractivity (Wildman–Crippen MR) is 159 cm³/mol. The molecule has 0 saturated heterocycles. The van der Waals surface area contributed by atoms with Crippen molar-refractivity contribution in [2.75, 3.05) is 4.90 Å². The van der Waals surface area contributed by atoms with Crippen molar-refractivity contribution < 1.29 is 14.3 Å². The lowest BCUT2D eigenvalue weighted by molar-refractivity contribution is 0.0890. The van der Waals surface area contributed by atoms with Gasteiger partial charge in [0.1, 0.15) is 11.9 Å². The molecule has 0 saturated carbocycles. The van der Waals surface area contributed by atoms with Gasteiger partial charge in [-0.1, -0.05) is 88.4 Å². The molecule has 1 aliphatic heterocycles. The Morgan fingerprint density at radius 3 is 2.33 bits per heavy atom.